The number of aliphatic hydroxyl groups excluding tert-OH is 1. The highest BCUT2D eigenvalue weighted by molar-refractivity contribution is 8.02. The lowest BCUT2D eigenvalue weighted by molar-refractivity contribution is -0.145. The lowest BCUT2D eigenvalue weighted by Gasteiger charge is -2.42. The number of rotatable bonds is 11. The quantitative estimate of drug-likeness (QED) is 0.386. The maximum absolute atomic E-state index is 15.1. The molecule has 7 atom stereocenters. The zero-order valence-corrected chi connectivity index (χ0v) is 26.4. The van der Waals surface area contributed by atoms with Gasteiger partial charge in [-0.3, -0.25) is 14.4 Å². The lowest BCUT2D eigenvalue weighted by atomic mass is 9.65. The molecule has 0 aromatic heterocycles. The van der Waals surface area contributed by atoms with Crippen molar-refractivity contribution >= 4 is 35.2 Å². The third-order valence-electron chi connectivity index (χ3n) is 9.69. The van der Waals surface area contributed by atoms with Crippen molar-refractivity contribution in [1.82, 2.24) is 9.80 Å². The smallest absolute Gasteiger partial charge is 0.251 e. The summed E-state index contributed by atoms with van der Waals surface area (Å²) < 4.78 is -0.797. The lowest BCUT2D eigenvalue weighted by Crippen LogP contribution is -2.60. The molecule has 2 aromatic rings. The van der Waals surface area contributed by atoms with Gasteiger partial charge in [0.25, 0.3) is 5.91 Å². The van der Waals surface area contributed by atoms with Crippen LogP contribution in [0, 0.1) is 31.6 Å². The summed E-state index contributed by atoms with van der Waals surface area (Å²) in [6.07, 6.45) is 4.55. The maximum Gasteiger partial charge on any atom is 0.251 e. The Kier molecular flexibility index (Phi) is 8.91. The average Bonchev–Trinajstić information content (AvgIpc) is 3.58. The Balaban J connectivity index is 1.67. The van der Waals surface area contributed by atoms with E-state index >= 15 is 4.79 Å². The van der Waals surface area contributed by atoms with Crippen LogP contribution >= 0.6 is 11.8 Å². The molecule has 0 aliphatic carbocycles. The highest BCUT2D eigenvalue weighted by Gasteiger charge is 2.77. The van der Waals surface area contributed by atoms with Crippen molar-refractivity contribution in [3.63, 3.8) is 0 Å². The van der Waals surface area contributed by atoms with Gasteiger partial charge in [0.15, 0.2) is 0 Å². The van der Waals surface area contributed by atoms with Gasteiger partial charge in [0, 0.05) is 31.1 Å². The highest BCUT2D eigenvalue weighted by Crippen LogP contribution is 2.69. The predicted octanol–water partition coefficient (Wildman–Crippen LogP) is 4.41. The summed E-state index contributed by atoms with van der Waals surface area (Å²) in [4.78, 5) is 48.9. The number of likely N-dealkylation sites (tertiary alicyclic amines) is 1. The van der Waals surface area contributed by atoms with Crippen LogP contribution in [0.5, 0.6) is 0 Å². The van der Waals surface area contributed by atoms with E-state index in [2.05, 4.69) is 20.1 Å². The fourth-order valence-corrected chi connectivity index (χ4v) is 10.3. The van der Waals surface area contributed by atoms with E-state index in [0.717, 1.165) is 28.8 Å². The van der Waals surface area contributed by atoms with Crippen LogP contribution in [-0.2, 0) is 20.8 Å². The fourth-order valence-electron chi connectivity index (χ4n) is 7.89. The Labute approximate surface area is 259 Å². The van der Waals surface area contributed by atoms with Crippen molar-refractivity contribution in [1.29, 1.82) is 0 Å². The van der Waals surface area contributed by atoms with E-state index < -0.39 is 28.7 Å². The van der Waals surface area contributed by atoms with E-state index in [1.165, 1.54) is 0 Å². The summed E-state index contributed by atoms with van der Waals surface area (Å²) in [7, 11) is 1.75. The number of anilines is 1. The third kappa shape index (κ3) is 5.02. The molecule has 3 fully saturated rings. The number of benzene rings is 2. The molecule has 3 unspecified atom stereocenters. The van der Waals surface area contributed by atoms with E-state index in [1.807, 2.05) is 62.4 Å². The first-order chi connectivity index (χ1) is 20.6. The normalized spacial score (nSPS) is 28.0. The first kappa shape index (κ1) is 31.1. The second-order valence-corrected chi connectivity index (χ2v) is 13.9. The molecule has 2 aromatic carbocycles. The zero-order valence-electron chi connectivity index (χ0n) is 25.6. The number of carbonyl (C=O) groups is 3. The van der Waals surface area contributed by atoms with Crippen LogP contribution in [0.15, 0.2) is 73.8 Å². The van der Waals surface area contributed by atoms with Gasteiger partial charge < -0.3 is 19.8 Å². The van der Waals surface area contributed by atoms with Gasteiger partial charge in [-0.25, -0.2) is 0 Å². The van der Waals surface area contributed by atoms with Gasteiger partial charge in [0.05, 0.1) is 29.2 Å². The molecular weight excluding hydrogens is 558 g/mol. The minimum absolute atomic E-state index is 0.0174. The Bertz CT molecular complexity index is 1390. The van der Waals surface area contributed by atoms with Crippen molar-refractivity contribution < 1.29 is 19.5 Å². The molecular formula is C35H43N3O4S. The minimum Gasteiger partial charge on any atom is -0.394 e. The van der Waals surface area contributed by atoms with E-state index in [0.29, 0.717) is 13.0 Å². The number of para-hydroxylation sites is 1. The van der Waals surface area contributed by atoms with Crippen molar-refractivity contribution in [3.8, 4) is 0 Å². The Morgan fingerprint density at radius 2 is 1.72 bits per heavy atom. The number of fused-ring (bicyclic) bond motifs is 1. The van der Waals surface area contributed by atoms with E-state index in [-0.39, 0.29) is 42.0 Å². The summed E-state index contributed by atoms with van der Waals surface area (Å²) >= 11 is 1.66. The summed E-state index contributed by atoms with van der Waals surface area (Å²) in [5.74, 6) is -1.66. The van der Waals surface area contributed by atoms with Crippen LogP contribution in [0.3, 0.4) is 0 Å². The van der Waals surface area contributed by atoms with Crippen LogP contribution in [0.25, 0.3) is 0 Å². The number of likely N-dealkylation sites (N-methyl/N-ethyl adjacent to an activating group) is 1. The molecule has 3 amide bonds. The van der Waals surface area contributed by atoms with Crippen molar-refractivity contribution in [2.75, 3.05) is 31.6 Å². The molecule has 1 N–H and O–H groups in total. The van der Waals surface area contributed by atoms with Gasteiger partial charge >= 0.3 is 0 Å². The van der Waals surface area contributed by atoms with Crippen molar-refractivity contribution in [2.45, 2.75) is 55.7 Å². The Hall–Kier alpha value is -3.36. The van der Waals surface area contributed by atoms with Gasteiger partial charge in [-0.1, -0.05) is 67.6 Å². The summed E-state index contributed by atoms with van der Waals surface area (Å²) in [5, 5.41) is 10.8. The van der Waals surface area contributed by atoms with Crippen LogP contribution in [-0.4, -0.2) is 81.5 Å². The Morgan fingerprint density at radius 1 is 1.07 bits per heavy atom. The summed E-state index contributed by atoms with van der Waals surface area (Å²) in [6.45, 7) is 14.2. The number of nitrogens with zero attached hydrogens (tertiary/aromatic N) is 3. The largest absolute Gasteiger partial charge is 0.394 e. The maximum atomic E-state index is 15.1. The first-order valence-electron chi connectivity index (χ1n) is 15.1. The minimum atomic E-state index is -0.850. The molecule has 3 aliphatic rings. The summed E-state index contributed by atoms with van der Waals surface area (Å²) in [5.41, 5.74) is 3.69. The average molecular weight is 602 g/mol. The van der Waals surface area contributed by atoms with Gasteiger partial charge in [-0.05, 0) is 49.3 Å². The molecule has 3 saturated heterocycles. The second-order valence-electron chi connectivity index (χ2n) is 12.3. The molecule has 0 radical (unpaired) electrons. The van der Waals surface area contributed by atoms with Crippen LogP contribution in [0.4, 0.5) is 5.69 Å². The van der Waals surface area contributed by atoms with Crippen molar-refractivity contribution in [2.24, 2.45) is 17.8 Å². The van der Waals surface area contributed by atoms with E-state index in [9.17, 15) is 14.7 Å². The van der Waals surface area contributed by atoms with Gasteiger partial charge in [0.2, 0.25) is 11.8 Å². The number of aliphatic hydroxyl groups is 1. The third-order valence-corrected chi connectivity index (χ3v) is 11.8. The molecule has 3 aliphatic heterocycles. The zero-order chi connectivity index (χ0) is 31.1. The molecule has 1 spiro atoms. The fraction of sp³-hybridized carbons (Fsp3) is 0.457. The number of amides is 3. The second kappa shape index (κ2) is 12.3. The molecule has 43 heavy (non-hydrogen) atoms. The van der Waals surface area contributed by atoms with Gasteiger partial charge in [-0.2, -0.15) is 0 Å². The van der Waals surface area contributed by atoms with Crippen LogP contribution in [0.1, 0.15) is 30.0 Å². The van der Waals surface area contributed by atoms with Crippen LogP contribution < -0.4 is 4.90 Å². The number of hydrogen-bond acceptors (Lipinski definition) is 5. The molecule has 5 rings (SSSR count). The first-order valence-corrected chi connectivity index (χ1v) is 16.0. The number of thioether (sulfide) groups is 1. The van der Waals surface area contributed by atoms with Gasteiger partial charge in [0.1, 0.15) is 6.04 Å². The number of hydrogen-bond donors (Lipinski definition) is 1. The molecule has 228 valence electrons. The highest BCUT2D eigenvalue weighted by atomic mass is 32.2. The molecule has 0 saturated carbocycles. The molecule has 2 bridgehead atoms. The van der Waals surface area contributed by atoms with E-state index in [1.54, 1.807) is 45.7 Å². The number of carbonyl (C=O) groups excluding carboxylic acids is 3. The van der Waals surface area contributed by atoms with Crippen LogP contribution in [0.2, 0.25) is 0 Å². The predicted molar refractivity (Wildman–Crippen MR) is 173 cm³/mol. The molecule has 8 heteroatoms. The monoisotopic (exact) mass is 601 g/mol. The summed E-state index contributed by atoms with van der Waals surface area (Å²) in [6, 6.07) is 14.2. The SMILES string of the molecule is C=CCN(C)C(=O)[C@@H]1[C@H]2C(=O)N([C@@H](CO)Cc3ccccc3)C(C(=O)N(CC=C)c3c(C)cccc3C)C23S[C@@H]1CC3C. The molecule has 7 nitrogen and oxygen atoms in total. The standard InChI is InChI=1S/C35H43N3O4S/c1-7-17-36(6)32(40)28-27-19-24(5)35(43-27)29(28)33(41)38(26(21-39)20-25-15-10-9-11-16-25)31(35)34(42)37(18-8-2)30-22(3)13-12-14-23(30)4/h7-16,24,26-29,31,39H,1-2,17-21H2,3-6H3/t24?,26-,27-,28+,29+,31?,35?/m1/s1. The number of aryl methyl sites for hydroxylation is 2. The topological polar surface area (TPSA) is 81.2 Å². The Morgan fingerprint density at radius 3 is 2.33 bits per heavy atom. The van der Waals surface area contributed by atoms with E-state index in [4.69, 9.17) is 0 Å². The van der Waals surface area contributed by atoms with Crippen molar-refractivity contribution in [3.05, 3.63) is 90.5 Å². The van der Waals surface area contributed by atoms with Gasteiger partial charge in [-0.15, -0.1) is 24.9 Å². The molecule has 3 heterocycles.